The van der Waals surface area contributed by atoms with Gasteiger partial charge in [0.1, 0.15) is 5.58 Å². The van der Waals surface area contributed by atoms with Crippen LogP contribution in [0.3, 0.4) is 0 Å². The average Bonchev–Trinajstić information content (AvgIpc) is 3.85. The number of pyridine rings is 1. The Morgan fingerprint density at radius 1 is 0.695 bits per heavy atom. The van der Waals surface area contributed by atoms with E-state index in [2.05, 4.69) is 146 Å². The van der Waals surface area contributed by atoms with E-state index in [0.29, 0.717) is 0 Å². The zero-order chi connectivity index (χ0) is 40.7. The van der Waals surface area contributed by atoms with Gasteiger partial charge in [0.15, 0.2) is 0 Å². The molecule has 0 bridgehead atoms. The Morgan fingerprint density at radius 3 is 2.20 bits per heavy atom. The molecule has 7 aromatic carbocycles. The van der Waals surface area contributed by atoms with Crippen molar-refractivity contribution >= 4 is 57.0 Å². The second kappa shape index (κ2) is 16.7. The Hall–Kier alpha value is -5.91. The Morgan fingerprint density at radius 2 is 1.41 bits per heavy atom. The third kappa shape index (κ3) is 7.72. The molecule has 0 N–H and O–H groups in total. The number of aromatic nitrogens is 3. The molecule has 293 valence electrons. The van der Waals surface area contributed by atoms with E-state index >= 15 is 0 Å². The largest absolute Gasteiger partial charge is 0.501 e. The van der Waals surface area contributed by atoms with Gasteiger partial charge in [-0.1, -0.05) is 153 Å². The van der Waals surface area contributed by atoms with Crippen LogP contribution in [0.1, 0.15) is 38.2 Å². The van der Waals surface area contributed by atoms with Crippen molar-refractivity contribution in [1.29, 1.82) is 0 Å². The van der Waals surface area contributed by atoms with E-state index in [0.717, 1.165) is 66.9 Å². The maximum atomic E-state index is 9.37. The molecule has 3 aromatic heterocycles. The predicted octanol–water partition coefficient (Wildman–Crippen LogP) is 13.5. The van der Waals surface area contributed by atoms with Gasteiger partial charge in [-0.15, -0.1) is 54.1 Å². The normalized spacial score (nSPS) is 13.3. The summed E-state index contributed by atoms with van der Waals surface area (Å²) in [6, 6.07) is 62.4. The molecular formula is C53H45IrN3OSi-2. The van der Waals surface area contributed by atoms with Gasteiger partial charge in [0.05, 0.1) is 30.5 Å². The fraction of sp³-hybridized carbons (Fsp3) is 0.132. The number of fused-ring (bicyclic) bond motifs is 5. The molecule has 2 unspecified atom stereocenters. The molecule has 0 saturated heterocycles. The van der Waals surface area contributed by atoms with Gasteiger partial charge >= 0.3 is 0 Å². The number of benzene rings is 7. The first-order chi connectivity index (χ1) is 28.6. The number of imidazole rings is 1. The summed E-state index contributed by atoms with van der Waals surface area (Å²) in [6.45, 7) is 11.2. The number of furan rings is 1. The molecule has 59 heavy (non-hydrogen) atoms. The summed E-state index contributed by atoms with van der Waals surface area (Å²) in [5.41, 5.74) is 9.80. The summed E-state index contributed by atoms with van der Waals surface area (Å²) in [5, 5.41) is 5.81. The maximum absolute atomic E-state index is 9.37. The van der Waals surface area contributed by atoms with E-state index in [1.165, 1.54) is 21.5 Å². The molecule has 2 atom stereocenters. The summed E-state index contributed by atoms with van der Waals surface area (Å²) in [7, 11) is -1.65. The van der Waals surface area contributed by atoms with Crippen molar-refractivity contribution < 1.29 is 25.9 Å². The van der Waals surface area contributed by atoms with E-state index in [-0.39, 0.29) is 26.0 Å². The Balaban J connectivity index is 0.000000166. The van der Waals surface area contributed by atoms with Crippen LogP contribution in [0.25, 0.3) is 72.1 Å². The van der Waals surface area contributed by atoms with Crippen molar-refractivity contribution in [2.24, 2.45) is 0 Å². The van der Waals surface area contributed by atoms with Gasteiger partial charge in [0, 0.05) is 44.1 Å². The van der Waals surface area contributed by atoms with Crippen LogP contribution in [0.5, 0.6) is 0 Å². The van der Waals surface area contributed by atoms with Gasteiger partial charge in [0.25, 0.3) is 0 Å². The average molecular weight is 961 g/mol. The molecule has 0 amide bonds. The molecule has 0 aliphatic rings. The van der Waals surface area contributed by atoms with Crippen molar-refractivity contribution in [2.75, 3.05) is 0 Å². The van der Waals surface area contributed by atoms with Crippen molar-refractivity contribution in [3.05, 3.63) is 193 Å². The zero-order valence-corrected chi connectivity index (χ0v) is 37.2. The number of hydrogen-bond acceptors (Lipinski definition) is 3. The summed E-state index contributed by atoms with van der Waals surface area (Å²) in [6.07, 6.45) is 2.02. The van der Waals surface area contributed by atoms with E-state index in [4.69, 9.17) is 14.4 Å². The van der Waals surface area contributed by atoms with Gasteiger partial charge in [-0.05, 0) is 57.9 Å². The third-order valence-corrected chi connectivity index (χ3v) is 13.2. The minimum absolute atomic E-state index is 0. The number of rotatable bonds is 7. The van der Waals surface area contributed by atoms with Crippen molar-refractivity contribution in [3.63, 3.8) is 0 Å². The summed E-state index contributed by atoms with van der Waals surface area (Å²) in [5.74, 6) is 0.152. The fourth-order valence-electron chi connectivity index (χ4n) is 8.00. The smallest absolute Gasteiger partial charge is 0.120 e. The predicted molar refractivity (Wildman–Crippen MR) is 245 cm³/mol. The Kier molecular flexibility index (Phi) is 11.0. The van der Waals surface area contributed by atoms with Crippen LogP contribution in [0, 0.1) is 12.1 Å². The van der Waals surface area contributed by atoms with E-state index in [1.54, 1.807) is 0 Å². The van der Waals surface area contributed by atoms with Crippen LogP contribution in [0.15, 0.2) is 174 Å². The van der Waals surface area contributed by atoms with Crippen molar-refractivity contribution in [1.82, 2.24) is 14.5 Å². The van der Waals surface area contributed by atoms with Crippen molar-refractivity contribution in [3.8, 4) is 28.3 Å². The Labute approximate surface area is 362 Å². The van der Waals surface area contributed by atoms with E-state index < -0.39 is 14.0 Å². The number of nitrogens with zero attached hydrogens (tertiary/aromatic N) is 3. The molecule has 6 heteroatoms. The first kappa shape index (κ1) is 38.6. The molecule has 10 rings (SSSR count). The zero-order valence-electron chi connectivity index (χ0n) is 34.8. The van der Waals surface area contributed by atoms with Gasteiger partial charge in [-0.3, -0.25) is 4.98 Å². The maximum Gasteiger partial charge on any atom is 0.120 e. The van der Waals surface area contributed by atoms with E-state index in [1.807, 2.05) is 73.8 Å². The first-order valence-corrected chi connectivity index (χ1v) is 23.4. The quantitative estimate of drug-likeness (QED) is 0.118. The second-order valence-electron chi connectivity index (χ2n) is 15.9. The van der Waals surface area contributed by atoms with Gasteiger partial charge in [-0.2, -0.15) is 0 Å². The standard InChI is InChI=1S/C29H17N2O.C24H28NSi.Ir/c1-2-11-20-19(9-1)10-7-17-25(20)31-26-16-5-4-15-24(26)30-29(31)23-14-8-13-22-21-12-3-6-18-27(21)32-28(22)23;1-18(20-12-8-6-9-13-20)19(2)22-16-23(21-14-10-7-11-15-21)25-17-24(22)26(3,4)5;/h1-13,15-18H;6-14,16-19H,1-5H3;/q2*-1;/i;19D;. The molecule has 10 aromatic rings. The van der Waals surface area contributed by atoms with Gasteiger partial charge < -0.3 is 14.0 Å². The first-order valence-electron chi connectivity index (χ1n) is 20.4. The van der Waals surface area contributed by atoms with Crippen LogP contribution >= 0.6 is 0 Å². The molecular weight excluding hydrogens is 915 g/mol. The van der Waals surface area contributed by atoms with Gasteiger partial charge in [-0.25, -0.2) is 0 Å². The second-order valence-corrected chi connectivity index (χ2v) is 20.9. The van der Waals surface area contributed by atoms with Gasteiger partial charge in [0.2, 0.25) is 0 Å². The molecule has 0 aliphatic carbocycles. The SMILES string of the molecule is [2H]C(C)(c1cc(-c2[c-]cccc2)ncc1[Si](C)(C)C)C(C)c1ccccc1.[Ir].[c-]1ccc2c(oc3ccccc32)c1-c1nc2ccccc2n1-c1cccc2ccccc12. The minimum Gasteiger partial charge on any atom is -0.501 e. The summed E-state index contributed by atoms with van der Waals surface area (Å²) >= 11 is 0. The summed E-state index contributed by atoms with van der Waals surface area (Å²) in [4.78, 5) is 9.80. The molecule has 0 spiro atoms. The molecule has 0 fully saturated rings. The molecule has 1 radical (unpaired) electrons. The molecule has 3 heterocycles. The molecule has 0 aliphatic heterocycles. The summed E-state index contributed by atoms with van der Waals surface area (Å²) < 4.78 is 17.9. The van der Waals surface area contributed by atoms with Crippen LogP contribution in [-0.4, -0.2) is 22.6 Å². The van der Waals surface area contributed by atoms with Crippen LogP contribution < -0.4 is 5.19 Å². The van der Waals surface area contributed by atoms with Crippen LogP contribution in [0.2, 0.25) is 19.6 Å². The Bertz CT molecular complexity index is 3090. The molecule has 0 saturated carbocycles. The number of para-hydroxylation sites is 3. The van der Waals surface area contributed by atoms with Crippen LogP contribution in [-0.2, 0) is 20.1 Å². The minimum atomic E-state index is -1.65. The number of hydrogen-bond donors (Lipinski definition) is 0. The molecule has 4 nitrogen and oxygen atoms in total. The van der Waals surface area contributed by atoms with Crippen molar-refractivity contribution in [2.45, 2.75) is 45.3 Å². The van der Waals surface area contributed by atoms with Crippen LogP contribution in [0.4, 0.5) is 0 Å². The van der Waals surface area contributed by atoms with E-state index in [9.17, 15) is 1.37 Å². The fourth-order valence-corrected chi connectivity index (χ4v) is 9.53. The third-order valence-electron chi connectivity index (χ3n) is 11.2. The topological polar surface area (TPSA) is 43.9 Å². The monoisotopic (exact) mass is 961 g/mol.